The summed E-state index contributed by atoms with van der Waals surface area (Å²) in [4.78, 5) is 36.6. The number of carbonyl (C=O) groups excluding carboxylic acids is 3. The summed E-state index contributed by atoms with van der Waals surface area (Å²) in [6.45, 7) is 0.0956. The minimum atomic E-state index is -0.311. The van der Waals surface area contributed by atoms with Crippen molar-refractivity contribution in [1.82, 2.24) is 4.90 Å². The number of amides is 3. The molecule has 6 nitrogen and oxygen atoms in total. The summed E-state index contributed by atoms with van der Waals surface area (Å²) in [6, 6.07) is 12.0. The van der Waals surface area contributed by atoms with Crippen molar-refractivity contribution in [1.29, 1.82) is 0 Å². The molecule has 2 aromatic rings. The van der Waals surface area contributed by atoms with E-state index in [1.54, 1.807) is 42.5 Å². The first-order chi connectivity index (χ1) is 12.9. The highest BCUT2D eigenvalue weighted by atomic mass is 79.9. The maximum Gasteiger partial charge on any atom is 0.262 e. The number of halogens is 2. The van der Waals surface area contributed by atoms with Crippen LogP contribution >= 0.6 is 27.5 Å². The van der Waals surface area contributed by atoms with Crippen LogP contribution in [0.25, 0.3) is 0 Å². The fourth-order valence-electron chi connectivity index (χ4n) is 2.61. The fourth-order valence-corrected chi connectivity index (χ4v) is 3.41. The van der Waals surface area contributed by atoms with Crippen LogP contribution in [0, 0.1) is 0 Å². The summed E-state index contributed by atoms with van der Waals surface area (Å²) in [5, 5.41) is 3.29. The Morgan fingerprint density at radius 1 is 1.11 bits per heavy atom. The summed E-state index contributed by atoms with van der Waals surface area (Å²) in [7, 11) is 0. The largest absolute Gasteiger partial charge is 0.483 e. The summed E-state index contributed by atoms with van der Waals surface area (Å²) in [6.07, 6.45) is 0.549. The predicted octanol–water partition coefficient (Wildman–Crippen LogP) is 3.77. The molecule has 1 saturated heterocycles. The molecule has 3 amide bonds. The van der Waals surface area contributed by atoms with Crippen molar-refractivity contribution in [3.63, 3.8) is 0 Å². The Labute approximate surface area is 169 Å². The number of carbonyl (C=O) groups is 3. The van der Waals surface area contributed by atoms with Crippen LogP contribution in [0.5, 0.6) is 5.75 Å². The number of rotatable bonds is 6. The number of hydrogen-bond donors (Lipinski definition) is 1. The average molecular weight is 452 g/mol. The van der Waals surface area contributed by atoms with Crippen molar-refractivity contribution in [2.24, 2.45) is 0 Å². The molecule has 0 atom stereocenters. The van der Waals surface area contributed by atoms with Crippen LogP contribution in [0.1, 0.15) is 18.4 Å². The lowest BCUT2D eigenvalue weighted by molar-refractivity contribution is -0.139. The molecule has 1 fully saturated rings. The van der Waals surface area contributed by atoms with Gasteiger partial charge in [0.25, 0.3) is 5.91 Å². The highest BCUT2D eigenvalue weighted by Crippen LogP contribution is 2.28. The molecule has 0 radical (unpaired) electrons. The van der Waals surface area contributed by atoms with Crippen LogP contribution in [0.15, 0.2) is 46.9 Å². The van der Waals surface area contributed by atoms with Gasteiger partial charge < -0.3 is 10.1 Å². The van der Waals surface area contributed by atoms with E-state index in [1.807, 2.05) is 0 Å². The maximum absolute atomic E-state index is 12.0. The summed E-state index contributed by atoms with van der Waals surface area (Å²) < 4.78 is 6.13. The Morgan fingerprint density at radius 2 is 1.78 bits per heavy atom. The third-order valence-corrected chi connectivity index (χ3v) is 4.84. The van der Waals surface area contributed by atoms with Gasteiger partial charge in [-0.05, 0) is 51.8 Å². The molecule has 0 unspecified atom stereocenters. The lowest BCUT2D eigenvalue weighted by Gasteiger charge is -2.14. The molecule has 0 saturated carbocycles. The Morgan fingerprint density at radius 3 is 2.41 bits per heavy atom. The van der Waals surface area contributed by atoms with Crippen molar-refractivity contribution in [2.45, 2.75) is 19.4 Å². The van der Waals surface area contributed by atoms with Gasteiger partial charge >= 0.3 is 0 Å². The highest BCUT2D eigenvalue weighted by Gasteiger charge is 2.28. The van der Waals surface area contributed by atoms with Gasteiger partial charge in [0.15, 0.2) is 6.61 Å². The second-order valence-electron chi connectivity index (χ2n) is 5.98. The molecule has 27 heavy (non-hydrogen) atoms. The van der Waals surface area contributed by atoms with Crippen LogP contribution in [0.4, 0.5) is 5.69 Å². The van der Waals surface area contributed by atoms with Gasteiger partial charge in [-0.3, -0.25) is 19.3 Å². The standard InChI is InChI=1S/C19H16BrClN2O4/c20-15-9-13(21)3-6-16(15)27-11-17(24)22-14-4-1-12(2-5-14)10-23-18(25)7-8-19(23)26/h1-6,9H,7-8,10-11H2,(H,22,24). The van der Waals surface area contributed by atoms with Crippen molar-refractivity contribution in [3.05, 3.63) is 57.5 Å². The highest BCUT2D eigenvalue weighted by molar-refractivity contribution is 9.10. The number of likely N-dealkylation sites (tertiary alicyclic amines) is 1. The van der Waals surface area contributed by atoms with Crippen LogP contribution in [0.3, 0.4) is 0 Å². The van der Waals surface area contributed by atoms with Gasteiger partial charge in [-0.2, -0.15) is 0 Å². The van der Waals surface area contributed by atoms with Gasteiger partial charge in [0.1, 0.15) is 5.75 Å². The average Bonchev–Trinajstić information content (AvgIpc) is 2.94. The van der Waals surface area contributed by atoms with E-state index in [9.17, 15) is 14.4 Å². The van der Waals surface area contributed by atoms with E-state index in [0.29, 0.717) is 20.9 Å². The Hall–Kier alpha value is -2.38. The zero-order chi connectivity index (χ0) is 19.4. The van der Waals surface area contributed by atoms with Gasteiger partial charge in [0.2, 0.25) is 11.8 Å². The number of benzene rings is 2. The number of ether oxygens (including phenoxy) is 1. The van der Waals surface area contributed by atoms with E-state index in [1.165, 1.54) is 4.90 Å². The van der Waals surface area contributed by atoms with Crippen molar-refractivity contribution in [3.8, 4) is 5.75 Å². The molecule has 1 N–H and O–H groups in total. The van der Waals surface area contributed by atoms with E-state index in [0.717, 1.165) is 5.56 Å². The molecule has 0 aromatic heterocycles. The monoisotopic (exact) mass is 450 g/mol. The predicted molar refractivity (Wildman–Crippen MR) is 105 cm³/mol. The van der Waals surface area contributed by atoms with E-state index in [4.69, 9.17) is 16.3 Å². The molecule has 2 aromatic carbocycles. The van der Waals surface area contributed by atoms with E-state index in [2.05, 4.69) is 21.2 Å². The van der Waals surface area contributed by atoms with Gasteiger partial charge in [-0.15, -0.1) is 0 Å². The minimum Gasteiger partial charge on any atom is -0.483 e. The third kappa shape index (κ3) is 5.08. The molecule has 0 spiro atoms. The topological polar surface area (TPSA) is 75.7 Å². The smallest absolute Gasteiger partial charge is 0.262 e. The van der Waals surface area contributed by atoms with Crippen LogP contribution in [0.2, 0.25) is 5.02 Å². The second kappa shape index (κ2) is 8.54. The molecular formula is C19H16BrClN2O4. The molecule has 1 aliphatic rings. The van der Waals surface area contributed by atoms with Crippen molar-refractivity contribution in [2.75, 3.05) is 11.9 Å². The summed E-state index contributed by atoms with van der Waals surface area (Å²) >= 11 is 9.19. The quantitative estimate of drug-likeness (QED) is 0.679. The Balaban J connectivity index is 1.52. The molecule has 3 rings (SSSR count). The van der Waals surface area contributed by atoms with Crippen molar-refractivity contribution < 1.29 is 19.1 Å². The normalized spacial score (nSPS) is 13.8. The first kappa shape index (κ1) is 19.4. The minimum absolute atomic E-state index is 0.150. The Kier molecular flexibility index (Phi) is 6.13. The van der Waals surface area contributed by atoms with Gasteiger partial charge in [-0.25, -0.2) is 0 Å². The molecular weight excluding hydrogens is 436 g/mol. The van der Waals surface area contributed by atoms with Gasteiger partial charge in [0.05, 0.1) is 11.0 Å². The number of hydrogen-bond acceptors (Lipinski definition) is 4. The van der Waals surface area contributed by atoms with E-state index >= 15 is 0 Å². The molecule has 8 heteroatoms. The Bertz CT molecular complexity index is 870. The second-order valence-corrected chi connectivity index (χ2v) is 7.27. The van der Waals surface area contributed by atoms with Gasteiger partial charge in [-0.1, -0.05) is 23.7 Å². The zero-order valence-corrected chi connectivity index (χ0v) is 16.5. The molecule has 140 valence electrons. The third-order valence-electron chi connectivity index (χ3n) is 3.99. The fraction of sp³-hybridized carbons (Fsp3) is 0.211. The lowest BCUT2D eigenvalue weighted by atomic mass is 10.2. The number of nitrogens with zero attached hydrogens (tertiary/aromatic N) is 1. The zero-order valence-electron chi connectivity index (χ0n) is 14.2. The van der Waals surface area contributed by atoms with E-state index in [-0.39, 0.29) is 43.7 Å². The van der Waals surface area contributed by atoms with Crippen LogP contribution in [-0.4, -0.2) is 29.2 Å². The first-order valence-corrected chi connectivity index (χ1v) is 9.39. The summed E-state index contributed by atoms with van der Waals surface area (Å²) in [5.41, 5.74) is 1.42. The first-order valence-electron chi connectivity index (χ1n) is 8.22. The number of imide groups is 1. The summed E-state index contributed by atoms with van der Waals surface area (Å²) in [5.74, 6) is -0.0925. The molecule has 1 aliphatic heterocycles. The lowest BCUT2D eigenvalue weighted by Crippen LogP contribution is -2.28. The number of nitrogens with one attached hydrogen (secondary N) is 1. The molecule has 0 bridgehead atoms. The van der Waals surface area contributed by atoms with Gasteiger partial charge in [0, 0.05) is 23.6 Å². The van der Waals surface area contributed by atoms with Crippen LogP contribution in [-0.2, 0) is 20.9 Å². The van der Waals surface area contributed by atoms with E-state index < -0.39 is 0 Å². The SMILES string of the molecule is O=C(COc1ccc(Cl)cc1Br)Nc1ccc(CN2C(=O)CCC2=O)cc1. The molecule has 0 aliphatic carbocycles. The maximum atomic E-state index is 12.0. The van der Waals surface area contributed by atoms with Crippen LogP contribution < -0.4 is 10.1 Å². The van der Waals surface area contributed by atoms with Crippen molar-refractivity contribution >= 4 is 50.9 Å². The number of anilines is 1. The molecule has 1 heterocycles.